The molecule has 24 heavy (non-hydrogen) atoms. The third-order valence-electron chi connectivity index (χ3n) is 3.70. The van der Waals surface area contributed by atoms with Gasteiger partial charge >= 0.3 is 11.8 Å². The highest BCUT2D eigenvalue weighted by Gasteiger charge is 2.26. The average molecular weight is 331 g/mol. The molecular formula is C16H17N3O5. The number of aryl methyl sites for hydroxylation is 1. The Hall–Kier alpha value is -3.00. The van der Waals surface area contributed by atoms with Crippen LogP contribution in [0.1, 0.15) is 12.7 Å². The number of carbonyl (C=O) groups is 1. The fraction of sp³-hybridized carbons (Fsp3) is 0.250. The summed E-state index contributed by atoms with van der Waals surface area (Å²) in [5, 5.41) is 15.5. The van der Waals surface area contributed by atoms with Gasteiger partial charge in [0, 0.05) is 18.8 Å². The number of benzene rings is 1. The summed E-state index contributed by atoms with van der Waals surface area (Å²) in [6.45, 7) is 1.51. The van der Waals surface area contributed by atoms with E-state index in [1.165, 1.54) is 17.8 Å². The van der Waals surface area contributed by atoms with E-state index in [1.54, 1.807) is 37.4 Å². The summed E-state index contributed by atoms with van der Waals surface area (Å²) in [7, 11) is 1.60. The second-order valence-electron chi connectivity index (χ2n) is 5.67. The number of anilines is 1. The van der Waals surface area contributed by atoms with E-state index in [0.717, 1.165) is 0 Å². The standard InChI is InChI=1S/C16H17N3O5/c1-16(22,13-4-3-7-23-13)9-17-14(20)18-10-5-6-11-12(8-10)24-15(21)19(11)2/h3-8,22H,9H2,1-2H3,(H2,17,18,20). The van der Waals surface area contributed by atoms with E-state index in [1.807, 2.05) is 0 Å². The highest BCUT2D eigenvalue weighted by atomic mass is 16.4. The van der Waals surface area contributed by atoms with Crippen molar-refractivity contribution < 1.29 is 18.7 Å². The van der Waals surface area contributed by atoms with Gasteiger partial charge in [0.1, 0.15) is 11.4 Å². The molecular weight excluding hydrogens is 314 g/mol. The van der Waals surface area contributed by atoms with E-state index in [4.69, 9.17) is 8.83 Å². The van der Waals surface area contributed by atoms with Gasteiger partial charge in [0.05, 0.1) is 18.3 Å². The lowest BCUT2D eigenvalue weighted by atomic mass is 10.0. The maximum absolute atomic E-state index is 12.0. The molecule has 2 heterocycles. The summed E-state index contributed by atoms with van der Waals surface area (Å²) in [6, 6.07) is 7.68. The number of urea groups is 1. The molecule has 1 unspecified atom stereocenters. The Morgan fingerprint density at radius 2 is 2.17 bits per heavy atom. The largest absolute Gasteiger partial charge is 0.466 e. The smallest absolute Gasteiger partial charge is 0.419 e. The zero-order valence-electron chi connectivity index (χ0n) is 13.2. The van der Waals surface area contributed by atoms with Gasteiger partial charge in [-0.3, -0.25) is 4.57 Å². The molecule has 0 aliphatic heterocycles. The van der Waals surface area contributed by atoms with E-state index < -0.39 is 17.4 Å². The number of fused-ring (bicyclic) bond motifs is 1. The van der Waals surface area contributed by atoms with Crippen molar-refractivity contribution in [1.82, 2.24) is 9.88 Å². The molecule has 3 aromatic rings. The van der Waals surface area contributed by atoms with Crippen LogP contribution in [0.25, 0.3) is 11.1 Å². The molecule has 0 saturated carbocycles. The highest BCUT2D eigenvalue weighted by Crippen LogP contribution is 2.20. The predicted octanol–water partition coefficient (Wildman–Crippen LogP) is 1.75. The lowest BCUT2D eigenvalue weighted by Crippen LogP contribution is -2.40. The van der Waals surface area contributed by atoms with E-state index in [0.29, 0.717) is 22.5 Å². The van der Waals surface area contributed by atoms with Crippen LogP contribution in [0, 0.1) is 0 Å². The van der Waals surface area contributed by atoms with Crippen LogP contribution in [-0.4, -0.2) is 22.2 Å². The SMILES string of the molecule is Cn1c(=O)oc2cc(NC(=O)NCC(C)(O)c3ccco3)ccc21. The Bertz CT molecular complexity index is 921. The minimum atomic E-state index is -1.32. The van der Waals surface area contributed by atoms with E-state index in [-0.39, 0.29) is 6.54 Å². The number of nitrogens with zero attached hydrogens (tertiary/aromatic N) is 1. The van der Waals surface area contributed by atoms with Gasteiger partial charge in [0.15, 0.2) is 5.58 Å². The van der Waals surface area contributed by atoms with Crippen molar-refractivity contribution in [3.63, 3.8) is 0 Å². The molecule has 0 aliphatic rings. The van der Waals surface area contributed by atoms with Crippen LogP contribution in [0.15, 0.2) is 50.2 Å². The Morgan fingerprint density at radius 1 is 1.38 bits per heavy atom. The molecule has 8 heteroatoms. The molecule has 3 N–H and O–H groups in total. The van der Waals surface area contributed by atoms with E-state index >= 15 is 0 Å². The molecule has 2 amide bonds. The quantitative estimate of drug-likeness (QED) is 0.675. The minimum Gasteiger partial charge on any atom is -0.466 e. The molecule has 3 rings (SSSR count). The van der Waals surface area contributed by atoms with Gasteiger partial charge in [-0.25, -0.2) is 9.59 Å². The maximum atomic E-state index is 12.0. The third-order valence-corrected chi connectivity index (χ3v) is 3.70. The van der Waals surface area contributed by atoms with Crippen molar-refractivity contribution in [3.8, 4) is 0 Å². The lowest BCUT2D eigenvalue weighted by molar-refractivity contribution is 0.0372. The van der Waals surface area contributed by atoms with Crippen LogP contribution >= 0.6 is 0 Å². The highest BCUT2D eigenvalue weighted by molar-refractivity contribution is 5.91. The molecule has 0 spiro atoms. The molecule has 0 radical (unpaired) electrons. The van der Waals surface area contributed by atoms with Crippen molar-refractivity contribution >= 4 is 22.8 Å². The second kappa shape index (κ2) is 5.89. The number of nitrogens with one attached hydrogen (secondary N) is 2. The first-order chi connectivity index (χ1) is 11.4. The normalized spacial score (nSPS) is 13.6. The Morgan fingerprint density at radius 3 is 2.88 bits per heavy atom. The summed E-state index contributed by atoms with van der Waals surface area (Å²) in [5.41, 5.74) is 0.151. The zero-order chi connectivity index (χ0) is 17.3. The van der Waals surface area contributed by atoms with Crippen molar-refractivity contribution in [2.75, 3.05) is 11.9 Å². The van der Waals surface area contributed by atoms with E-state index in [2.05, 4.69) is 10.6 Å². The molecule has 8 nitrogen and oxygen atoms in total. The molecule has 126 valence electrons. The van der Waals surface area contributed by atoms with Gasteiger partial charge in [0.2, 0.25) is 0 Å². The first-order valence-electron chi connectivity index (χ1n) is 7.27. The number of oxazole rings is 1. The maximum Gasteiger partial charge on any atom is 0.419 e. The number of aliphatic hydroxyl groups is 1. The van der Waals surface area contributed by atoms with Crippen LogP contribution in [0.2, 0.25) is 0 Å². The van der Waals surface area contributed by atoms with Crippen molar-refractivity contribution in [2.45, 2.75) is 12.5 Å². The van der Waals surface area contributed by atoms with Crippen molar-refractivity contribution in [1.29, 1.82) is 0 Å². The summed E-state index contributed by atoms with van der Waals surface area (Å²) in [5.74, 6) is -0.114. The number of amides is 2. The molecule has 0 saturated heterocycles. The van der Waals surface area contributed by atoms with Gasteiger partial charge in [-0.15, -0.1) is 0 Å². The fourth-order valence-electron chi connectivity index (χ4n) is 2.31. The topological polar surface area (TPSA) is 110 Å². The number of rotatable bonds is 4. The van der Waals surface area contributed by atoms with Gasteiger partial charge in [-0.05, 0) is 31.2 Å². The summed E-state index contributed by atoms with van der Waals surface area (Å²) in [6.07, 6.45) is 1.45. The molecule has 2 aromatic heterocycles. The lowest BCUT2D eigenvalue weighted by Gasteiger charge is -2.21. The number of hydrogen-bond acceptors (Lipinski definition) is 5. The first-order valence-corrected chi connectivity index (χ1v) is 7.27. The van der Waals surface area contributed by atoms with Crippen LogP contribution in [-0.2, 0) is 12.6 Å². The van der Waals surface area contributed by atoms with Gasteiger partial charge in [-0.1, -0.05) is 0 Å². The molecule has 0 fully saturated rings. The number of aromatic nitrogens is 1. The summed E-state index contributed by atoms with van der Waals surface area (Å²) >= 11 is 0. The summed E-state index contributed by atoms with van der Waals surface area (Å²) in [4.78, 5) is 23.4. The van der Waals surface area contributed by atoms with Gasteiger partial charge in [-0.2, -0.15) is 0 Å². The number of furan rings is 1. The Balaban J connectivity index is 1.66. The number of hydrogen-bond donors (Lipinski definition) is 3. The molecule has 1 aromatic carbocycles. The Kier molecular flexibility index (Phi) is 3.90. The summed E-state index contributed by atoms with van der Waals surface area (Å²) < 4.78 is 11.6. The second-order valence-corrected chi connectivity index (χ2v) is 5.67. The van der Waals surface area contributed by atoms with Crippen LogP contribution in [0.3, 0.4) is 0 Å². The van der Waals surface area contributed by atoms with Crippen LogP contribution < -0.4 is 16.4 Å². The fourth-order valence-corrected chi connectivity index (χ4v) is 2.31. The first kappa shape index (κ1) is 15.9. The zero-order valence-corrected chi connectivity index (χ0v) is 13.2. The molecule has 0 aliphatic carbocycles. The van der Waals surface area contributed by atoms with E-state index in [9.17, 15) is 14.7 Å². The van der Waals surface area contributed by atoms with Gasteiger partial charge < -0.3 is 24.6 Å². The number of carbonyl (C=O) groups excluding carboxylic acids is 1. The van der Waals surface area contributed by atoms with Crippen molar-refractivity contribution in [3.05, 3.63) is 52.9 Å². The molecule has 0 bridgehead atoms. The van der Waals surface area contributed by atoms with Crippen LogP contribution in [0.5, 0.6) is 0 Å². The van der Waals surface area contributed by atoms with Crippen LogP contribution in [0.4, 0.5) is 10.5 Å². The monoisotopic (exact) mass is 331 g/mol. The minimum absolute atomic E-state index is 0.0327. The predicted molar refractivity (Wildman–Crippen MR) is 86.8 cm³/mol. The van der Waals surface area contributed by atoms with Gasteiger partial charge in [0.25, 0.3) is 0 Å². The third kappa shape index (κ3) is 3.04. The molecule has 1 atom stereocenters. The average Bonchev–Trinajstić information content (AvgIpc) is 3.16. The Labute approximate surface area is 136 Å². The van der Waals surface area contributed by atoms with Crippen molar-refractivity contribution in [2.24, 2.45) is 7.05 Å².